The fraction of sp³-hybridized carbons (Fsp3) is 0.0882. The zero-order valence-corrected chi connectivity index (χ0v) is 21.2. The van der Waals surface area contributed by atoms with Gasteiger partial charge in [-0.25, -0.2) is 0 Å². The van der Waals surface area contributed by atoms with E-state index >= 15 is 0 Å². The molecule has 2 N–H and O–H groups in total. The van der Waals surface area contributed by atoms with Crippen LogP contribution in [-0.4, -0.2) is 16.1 Å². The number of anilines is 1. The van der Waals surface area contributed by atoms with E-state index in [0.29, 0.717) is 23.6 Å². The summed E-state index contributed by atoms with van der Waals surface area (Å²) in [4.78, 5) is 15.6. The molecule has 1 amide bonds. The Kier molecular flexibility index (Phi) is 6.35. The first-order valence-electron chi connectivity index (χ1n) is 12.8. The molecular formula is C34H27NO4. The van der Waals surface area contributed by atoms with Crippen molar-refractivity contribution in [3.8, 4) is 22.6 Å². The Morgan fingerprint density at radius 1 is 0.718 bits per heavy atom. The lowest BCUT2D eigenvalue weighted by molar-refractivity contribution is -0.132. The van der Waals surface area contributed by atoms with Crippen molar-refractivity contribution < 1.29 is 19.7 Å². The van der Waals surface area contributed by atoms with Gasteiger partial charge in [-0.05, 0) is 40.5 Å². The normalized spacial score (nSPS) is 16.2. The van der Waals surface area contributed by atoms with Crippen LogP contribution in [0, 0.1) is 0 Å². The minimum Gasteiger partial charge on any atom is -0.507 e. The van der Waals surface area contributed by atoms with Crippen LogP contribution in [0.5, 0.6) is 11.5 Å². The third-order valence-corrected chi connectivity index (χ3v) is 7.18. The number of aromatic hydroxyl groups is 1. The molecule has 1 aliphatic rings. The van der Waals surface area contributed by atoms with Crippen LogP contribution < -0.4 is 9.64 Å². The second kappa shape index (κ2) is 10.1. The van der Waals surface area contributed by atoms with Gasteiger partial charge in [0.1, 0.15) is 18.1 Å². The van der Waals surface area contributed by atoms with E-state index < -0.39 is 11.5 Å². The maximum Gasteiger partial charge on any atom is 0.268 e. The van der Waals surface area contributed by atoms with Crippen molar-refractivity contribution in [1.82, 2.24) is 0 Å². The van der Waals surface area contributed by atoms with Crippen molar-refractivity contribution in [2.45, 2.75) is 18.8 Å². The second-order valence-electron chi connectivity index (χ2n) is 9.60. The third-order valence-electron chi connectivity index (χ3n) is 7.18. The second-order valence-corrected chi connectivity index (χ2v) is 9.60. The van der Waals surface area contributed by atoms with Gasteiger partial charge in [-0.2, -0.15) is 0 Å². The van der Waals surface area contributed by atoms with Crippen molar-refractivity contribution in [2.75, 3.05) is 4.90 Å². The number of carbonyl (C=O) groups excluding carboxylic acids is 1. The highest BCUT2D eigenvalue weighted by Gasteiger charge is 2.52. The van der Waals surface area contributed by atoms with Gasteiger partial charge < -0.3 is 19.8 Å². The van der Waals surface area contributed by atoms with E-state index in [9.17, 15) is 15.0 Å². The lowest BCUT2D eigenvalue weighted by atomic mass is 9.87. The zero-order valence-electron chi connectivity index (χ0n) is 21.2. The van der Waals surface area contributed by atoms with Crippen LogP contribution in [-0.2, 0) is 23.5 Å². The Morgan fingerprint density at radius 2 is 1.38 bits per heavy atom. The Morgan fingerprint density at radius 3 is 2.15 bits per heavy atom. The molecule has 5 nitrogen and oxygen atoms in total. The molecule has 1 aliphatic heterocycles. The predicted molar refractivity (Wildman–Crippen MR) is 151 cm³/mol. The van der Waals surface area contributed by atoms with Gasteiger partial charge in [-0.3, -0.25) is 4.79 Å². The van der Waals surface area contributed by atoms with Gasteiger partial charge >= 0.3 is 0 Å². The SMILES string of the molecule is O=C1N(Cc2ccccc2-c2ccccc2)c2ccccc2C1(O)c1ccc(OCc2ccccc2)cc1O. The standard InChI is InChI=1S/C34H27NO4/c36-32-21-27(39-23-24-11-3-1-4-12-24)19-20-30(32)34(38)29-17-9-10-18-31(29)35(33(34)37)22-26-15-7-8-16-28(26)25-13-5-2-6-14-25/h1-21,36,38H,22-23H2. The maximum atomic E-state index is 14.0. The zero-order chi connectivity index (χ0) is 26.8. The number of hydrogen-bond donors (Lipinski definition) is 2. The van der Waals surface area contributed by atoms with E-state index in [2.05, 4.69) is 0 Å². The van der Waals surface area contributed by atoms with Gasteiger partial charge in [-0.1, -0.05) is 103 Å². The Labute approximate surface area is 227 Å². The molecule has 0 saturated carbocycles. The third kappa shape index (κ3) is 4.43. The number of hydrogen-bond acceptors (Lipinski definition) is 4. The molecule has 1 unspecified atom stereocenters. The van der Waals surface area contributed by atoms with E-state index in [4.69, 9.17) is 4.74 Å². The monoisotopic (exact) mass is 513 g/mol. The van der Waals surface area contributed by atoms with E-state index in [1.807, 2.05) is 97.1 Å². The maximum absolute atomic E-state index is 14.0. The molecule has 0 aliphatic carbocycles. The first-order chi connectivity index (χ1) is 19.1. The summed E-state index contributed by atoms with van der Waals surface area (Å²) in [5.41, 5.74) is 3.12. The molecule has 1 heterocycles. The summed E-state index contributed by atoms with van der Waals surface area (Å²) in [7, 11) is 0. The van der Waals surface area contributed by atoms with E-state index in [1.165, 1.54) is 6.07 Å². The van der Waals surface area contributed by atoms with Crippen LogP contribution in [0.4, 0.5) is 5.69 Å². The van der Waals surface area contributed by atoms with Crippen molar-refractivity contribution >= 4 is 11.6 Å². The molecule has 0 aromatic heterocycles. The highest BCUT2D eigenvalue weighted by atomic mass is 16.5. The smallest absolute Gasteiger partial charge is 0.268 e. The fourth-order valence-corrected chi connectivity index (χ4v) is 5.23. The summed E-state index contributed by atoms with van der Waals surface area (Å²) >= 11 is 0. The fourth-order valence-electron chi connectivity index (χ4n) is 5.23. The van der Waals surface area contributed by atoms with Crippen molar-refractivity contribution in [3.63, 3.8) is 0 Å². The van der Waals surface area contributed by atoms with Gasteiger partial charge in [0.15, 0.2) is 5.60 Å². The first kappa shape index (κ1) is 24.5. The van der Waals surface area contributed by atoms with Crippen LogP contribution in [0.15, 0.2) is 127 Å². The summed E-state index contributed by atoms with van der Waals surface area (Å²) in [6, 6.07) is 39.5. The summed E-state index contributed by atoms with van der Waals surface area (Å²) in [5, 5.41) is 23.0. The molecule has 5 aromatic carbocycles. The molecule has 192 valence electrons. The Bertz CT molecular complexity index is 1630. The van der Waals surface area contributed by atoms with Gasteiger partial charge in [0.25, 0.3) is 5.91 Å². The molecule has 1 atom stereocenters. The number of benzene rings is 5. The lowest BCUT2D eigenvalue weighted by Gasteiger charge is -2.25. The van der Waals surface area contributed by atoms with Crippen molar-refractivity contribution in [1.29, 1.82) is 0 Å². The van der Waals surface area contributed by atoms with Gasteiger partial charge in [0, 0.05) is 17.2 Å². The van der Waals surface area contributed by atoms with E-state index in [0.717, 1.165) is 22.3 Å². The van der Waals surface area contributed by atoms with Crippen molar-refractivity contribution in [2.24, 2.45) is 0 Å². The molecular weight excluding hydrogens is 486 g/mol. The topological polar surface area (TPSA) is 70.0 Å². The molecule has 0 radical (unpaired) electrons. The quantitative estimate of drug-likeness (QED) is 0.263. The van der Waals surface area contributed by atoms with Crippen LogP contribution in [0.3, 0.4) is 0 Å². The number of aliphatic hydroxyl groups is 1. The number of rotatable bonds is 7. The number of fused-ring (bicyclic) bond motifs is 1. The molecule has 0 fully saturated rings. The predicted octanol–water partition coefficient (Wildman–Crippen LogP) is 6.42. The van der Waals surface area contributed by atoms with Crippen LogP contribution in [0.25, 0.3) is 11.1 Å². The highest BCUT2D eigenvalue weighted by molar-refractivity contribution is 6.09. The molecule has 5 aromatic rings. The average Bonchev–Trinajstić information content (AvgIpc) is 3.20. The highest BCUT2D eigenvalue weighted by Crippen LogP contribution is 2.48. The number of phenolic OH excluding ortho intramolecular Hbond substituents is 1. The molecule has 0 bridgehead atoms. The van der Waals surface area contributed by atoms with Gasteiger partial charge in [0.2, 0.25) is 0 Å². The van der Waals surface area contributed by atoms with Gasteiger partial charge in [0.05, 0.1) is 12.2 Å². The average molecular weight is 514 g/mol. The summed E-state index contributed by atoms with van der Waals surface area (Å²) in [5.74, 6) is -0.284. The number of ether oxygens (including phenoxy) is 1. The molecule has 0 spiro atoms. The minimum atomic E-state index is -2.04. The van der Waals surface area contributed by atoms with E-state index in [-0.39, 0.29) is 17.9 Å². The Balaban J connectivity index is 1.33. The minimum absolute atomic E-state index is 0.117. The van der Waals surface area contributed by atoms with Gasteiger partial charge in [-0.15, -0.1) is 0 Å². The number of carbonyl (C=O) groups is 1. The molecule has 5 heteroatoms. The van der Waals surface area contributed by atoms with Crippen LogP contribution in [0.1, 0.15) is 22.3 Å². The summed E-state index contributed by atoms with van der Waals surface area (Å²) in [6.07, 6.45) is 0. The number of para-hydroxylation sites is 1. The molecule has 39 heavy (non-hydrogen) atoms. The Hall–Kier alpha value is -4.87. The lowest BCUT2D eigenvalue weighted by Crippen LogP contribution is -2.41. The molecule has 6 rings (SSSR count). The van der Waals surface area contributed by atoms with Crippen LogP contribution in [0.2, 0.25) is 0 Å². The first-order valence-corrected chi connectivity index (χ1v) is 12.8. The summed E-state index contributed by atoms with van der Waals surface area (Å²) < 4.78 is 5.84. The summed E-state index contributed by atoms with van der Waals surface area (Å²) in [6.45, 7) is 0.600. The number of nitrogens with zero attached hydrogens (tertiary/aromatic N) is 1. The van der Waals surface area contributed by atoms with Crippen molar-refractivity contribution in [3.05, 3.63) is 150 Å². The van der Waals surface area contributed by atoms with E-state index in [1.54, 1.807) is 29.2 Å². The number of phenols is 1. The largest absolute Gasteiger partial charge is 0.507 e. The molecule has 0 saturated heterocycles. The van der Waals surface area contributed by atoms with Crippen LogP contribution >= 0.6 is 0 Å². The number of amides is 1.